The van der Waals surface area contributed by atoms with E-state index >= 15 is 0 Å². The fourth-order valence-corrected chi connectivity index (χ4v) is 9.24. The Morgan fingerprint density at radius 3 is 2.14 bits per heavy atom. The van der Waals surface area contributed by atoms with Gasteiger partial charge < -0.3 is 55.7 Å². The number of aryl methyl sites for hydroxylation is 1. The molecule has 0 saturated carbocycles. The van der Waals surface area contributed by atoms with Crippen molar-refractivity contribution in [2.75, 3.05) is 45.9 Å². The maximum Gasteiger partial charge on any atom is 0.328 e. The molecule has 0 radical (unpaired) electrons. The van der Waals surface area contributed by atoms with E-state index in [2.05, 4.69) is 48.1 Å². The van der Waals surface area contributed by atoms with Gasteiger partial charge in [-0.1, -0.05) is 71.2 Å². The molecule has 23 nitrogen and oxygen atoms in total. The lowest BCUT2D eigenvalue weighted by Crippen LogP contribution is -2.45. The van der Waals surface area contributed by atoms with Gasteiger partial charge in [-0.15, -0.1) is 0 Å². The third-order valence-electron chi connectivity index (χ3n) is 11.6. The fourth-order valence-electron chi connectivity index (χ4n) is 7.77. The number of aliphatic imine (C=N–C) groups is 3. The molecule has 3 heterocycles. The third kappa shape index (κ3) is 17.0. The first-order valence-electron chi connectivity index (χ1n) is 23.5. The lowest BCUT2D eigenvalue weighted by molar-refractivity contribution is -0.139. The molecule has 0 spiro atoms. The van der Waals surface area contributed by atoms with Crippen molar-refractivity contribution in [1.82, 2.24) is 36.4 Å². The van der Waals surface area contributed by atoms with Gasteiger partial charge >= 0.3 is 11.9 Å². The van der Waals surface area contributed by atoms with E-state index in [1.165, 1.54) is 48.7 Å². The number of β-amino-alcohol motifs (C(OH)–C–C–N with tert-alkyl or cyclic N) is 1. The number of furan rings is 1. The number of aromatic hydroxyl groups is 1. The Balaban J connectivity index is 0.000000291. The van der Waals surface area contributed by atoms with Crippen LogP contribution in [0.2, 0.25) is 20.1 Å². The van der Waals surface area contributed by atoms with Gasteiger partial charge in [0.1, 0.15) is 24.5 Å². The summed E-state index contributed by atoms with van der Waals surface area (Å²) in [7, 11) is 0. The topological polar surface area (TPSA) is 351 Å². The summed E-state index contributed by atoms with van der Waals surface area (Å²) in [5.41, 5.74) is 2.18. The lowest BCUT2D eigenvalue weighted by atomic mass is 9.96. The van der Waals surface area contributed by atoms with E-state index in [4.69, 9.17) is 61.3 Å². The Hall–Kier alpha value is -7.97. The number of likely N-dealkylation sites (tertiary alicyclic amines) is 1. The monoisotopic (exact) mass is 1150 g/mol. The predicted molar refractivity (Wildman–Crippen MR) is 286 cm³/mol. The molecular formula is C50H51Cl4FN12O11. The van der Waals surface area contributed by atoms with Gasteiger partial charge in [0.25, 0.3) is 17.7 Å². The largest absolute Gasteiger partial charge is 0.508 e. The number of nitrogens with zero attached hydrogens (tertiary/aromatic N) is 7. The molecule has 10 N–H and O–H groups in total. The number of aliphatic hydroxyl groups is 2. The number of carbonyl (C=O) groups is 5. The number of carbonyl (C=O) groups excluding carboxylic acids is 3. The van der Waals surface area contributed by atoms with Crippen molar-refractivity contribution >= 4 is 100 Å². The number of carboxylic acid groups (broad SMARTS) is 2. The van der Waals surface area contributed by atoms with Gasteiger partial charge in [0, 0.05) is 45.0 Å². The second-order valence-corrected chi connectivity index (χ2v) is 18.6. The minimum Gasteiger partial charge on any atom is -0.508 e. The van der Waals surface area contributed by atoms with Crippen LogP contribution in [-0.4, -0.2) is 147 Å². The van der Waals surface area contributed by atoms with Crippen molar-refractivity contribution in [2.45, 2.75) is 56.5 Å². The number of guanidine groups is 2. The Labute approximate surface area is 465 Å². The van der Waals surface area contributed by atoms with Gasteiger partial charge in [-0.3, -0.25) is 25.0 Å². The van der Waals surface area contributed by atoms with Gasteiger partial charge in [0.05, 0.1) is 56.5 Å². The summed E-state index contributed by atoms with van der Waals surface area (Å²) in [6.45, 7) is 2.87. The van der Waals surface area contributed by atoms with Crippen LogP contribution >= 0.6 is 46.4 Å². The van der Waals surface area contributed by atoms with Crippen molar-refractivity contribution in [3.05, 3.63) is 126 Å². The Morgan fingerprint density at radius 2 is 1.54 bits per heavy atom. The molecule has 6 rings (SSSR count). The molecule has 0 bridgehead atoms. The smallest absolute Gasteiger partial charge is 0.328 e. The second kappa shape index (κ2) is 29.5. The molecule has 1 fully saturated rings. The van der Waals surface area contributed by atoms with Crippen LogP contribution in [0.4, 0.5) is 10.3 Å². The summed E-state index contributed by atoms with van der Waals surface area (Å²) in [6.07, 6.45) is 6.23. The number of aliphatic carboxylic acids is 2. The zero-order valence-electron chi connectivity index (χ0n) is 41.1. The Kier molecular flexibility index (Phi) is 23.0. The number of carboxylic acids is 2. The molecule has 3 amide bonds. The van der Waals surface area contributed by atoms with Crippen molar-refractivity contribution in [1.29, 1.82) is 10.5 Å². The first-order valence-corrected chi connectivity index (χ1v) is 25.0. The highest BCUT2D eigenvalue weighted by Crippen LogP contribution is 2.36. The number of allylic oxidation sites excluding steroid dienone is 1. The maximum atomic E-state index is 13.2. The number of nitrogens with one attached hydrogen (secondary N) is 5. The van der Waals surface area contributed by atoms with Crippen molar-refractivity contribution in [3.63, 3.8) is 0 Å². The molecule has 1 aromatic heterocycles. The summed E-state index contributed by atoms with van der Waals surface area (Å²) in [5.74, 6) is -4.44. The van der Waals surface area contributed by atoms with Gasteiger partial charge in [0.15, 0.2) is 18.1 Å². The molecule has 28 heteroatoms. The second-order valence-electron chi connectivity index (χ2n) is 17.0. The number of amides is 3. The predicted octanol–water partition coefficient (Wildman–Crippen LogP) is 4.88. The standard InChI is InChI=1S/C27H27Cl2N7O6.C23H24Cl2FN5O5/c1-2-7-31-21-4-3-20(42-21)25(39)35-9-6-17-15(12-35)10-18(28)22(23(17)29)24(38)34-19(26(40)41)11-32-27(33-14-30)36-8-5-16(37)13-36;24-16-8-13(4-5-19(33)14-2-1-3-15(32)10-14)9-17(25)20(16)21(34)31-18(22(35)36)11-29-23(30-12-27)28-7-6-26/h2-4,7,10,16,19,37H,1,5-6,8-9,11-13H2,(H,32,33)(H,34,38)(H,40,41);1-3,8-10,18-19,32-33H,4-7,11H2,(H,31,34)(H,35,36)(H2,28,29,30)/t16-,19-;18-,19?/m00/s1. The van der Waals surface area contributed by atoms with E-state index in [1.54, 1.807) is 40.4 Å². The van der Waals surface area contributed by atoms with E-state index in [1.807, 2.05) is 0 Å². The molecule has 2 aliphatic rings. The first-order chi connectivity index (χ1) is 37.3. The van der Waals surface area contributed by atoms with E-state index in [0.29, 0.717) is 48.1 Å². The average Bonchev–Trinajstić information content (AvgIpc) is 4.08. The van der Waals surface area contributed by atoms with Crippen LogP contribution in [0.3, 0.4) is 0 Å². The van der Waals surface area contributed by atoms with E-state index in [0.717, 1.165) is 0 Å². The van der Waals surface area contributed by atoms with Gasteiger partial charge in [0.2, 0.25) is 17.8 Å². The lowest BCUT2D eigenvalue weighted by Gasteiger charge is -2.30. The van der Waals surface area contributed by atoms with Crippen molar-refractivity contribution in [3.8, 4) is 18.1 Å². The average molecular weight is 1160 g/mol. The maximum absolute atomic E-state index is 13.2. The number of benzene rings is 3. The number of hydrogen-bond acceptors (Lipinski definition) is 14. The highest BCUT2D eigenvalue weighted by molar-refractivity contribution is 6.41. The zero-order chi connectivity index (χ0) is 57.1. The number of alkyl halides is 1. The molecule has 4 atom stereocenters. The minimum atomic E-state index is -1.50. The van der Waals surface area contributed by atoms with Crippen LogP contribution in [0, 0.1) is 22.9 Å². The van der Waals surface area contributed by atoms with Crippen LogP contribution in [0.1, 0.15) is 72.5 Å². The Bertz CT molecular complexity index is 3030. The van der Waals surface area contributed by atoms with Crippen LogP contribution in [-0.2, 0) is 29.0 Å². The summed E-state index contributed by atoms with van der Waals surface area (Å²) in [4.78, 5) is 77.7. The highest BCUT2D eigenvalue weighted by Gasteiger charge is 2.32. The number of phenolic OH excluding ortho intramolecular Hbond substituents is 1. The molecule has 0 aliphatic carbocycles. The highest BCUT2D eigenvalue weighted by atomic mass is 35.5. The molecule has 4 aromatic rings. The van der Waals surface area contributed by atoms with Gasteiger partial charge in [-0.05, 0) is 84.3 Å². The molecule has 78 heavy (non-hydrogen) atoms. The number of nitriles is 2. The molecule has 3 aromatic carbocycles. The van der Waals surface area contributed by atoms with Crippen molar-refractivity contribution < 1.29 is 58.3 Å². The van der Waals surface area contributed by atoms with Crippen LogP contribution in [0.5, 0.6) is 5.75 Å². The normalized spacial score (nSPS) is 15.3. The summed E-state index contributed by atoms with van der Waals surface area (Å²) in [6, 6.07) is 10.9. The molecular weight excluding hydrogens is 1110 g/mol. The molecule has 1 saturated heterocycles. The van der Waals surface area contributed by atoms with Crippen LogP contribution in [0.25, 0.3) is 0 Å². The first kappa shape index (κ1) is 60.9. The number of phenols is 1. The summed E-state index contributed by atoms with van der Waals surface area (Å²) < 4.78 is 17.8. The molecule has 1 unspecified atom stereocenters. The molecule has 2 aliphatic heterocycles. The summed E-state index contributed by atoms with van der Waals surface area (Å²) in [5, 5.41) is 78.3. The van der Waals surface area contributed by atoms with Gasteiger partial charge in [-0.2, -0.15) is 10.5 Å². The van der Waals surface area contributed by atoms with E-state index in [9.17, 15) is 53.9 Å². The van der Waals surface area contributed by atoms with Crippen LogP contribution < -0.4 is 26.6 Å². The minimum absolute atomic E-state index is 0.0184. The number of aliphatic hydroxyl groups excluding tert-OH is 2. The SMILES string of the molecule is C=CC=Nc1ccc(C(=O)N2CCc3c(cc(Cl)c(C(=O)N[C@@H](CN=C(NC#N)N4CC[C@H](O)C4)C(=O)O)c3Cl)C2)o1.N#CNC(=NC[C@H](NC(=O)c1c(Cl)cc(CCC(O)c2cccc(O)c2)cc1Cl)C(=O)O)NCCF. The van der Waals surface area contributed by atoms with Crippen LogP contribution in [0.15, 0.2) is 86.6 Å². The number of fused-ring (bicyclic) bond motifs is 1. The van der Waals surface area contributed by atoms with Gasteiger partial charge in [-0.25, -0.2) is 29.0 Å². The Morgan fingerprint density at radius 1 is 0.885 bits per heavy atom. The number of halogens is 5. The quantitative estimate of drug-likeness (QED) is 0.0259. The van der Waals surface area contributed by atoms with E-state index in [-0.39, 0.29) is 99.0 Å². The summed E-state index contributed by atoms with van der Waals surface area (Å²) >= 11 is 25.6. The number of rotatable bonds is 19. The number of hydrogen-bond donors (Lipinski definition) is 10. The molecule has 412 valence electrons. The van der Waals surface area contributed by atoms with E-state index < -0.39 is 67.8 Å². The van der Waals surface area contributed by atoms with Crippen molar-refractivity contribution in [2.24, 2.45) is 15.0 Å². The fraction of sp³-hybridized carbons (Fsp3) is 0.320. The zero-order valence-corrected chi connectivity index (χ0v) is 44.1. The third-order valence-corrected chi connectivity index (χ3v) is 12.9.